The highest BCUT2D eigenvalue weighted by Crippen LogP contribution is 2.23. The maximum absolute atomic E-state index is 12.8. The van der Waals surface area contributed by atoms with Crippen LogP contribution in [0.2, 0.25) is 0 Å². The summed E-state index contributed by atoms with van der Waals surface area (Å²) in [5.41, 5.74) is 0.234. The van der Waals surface area contributed by atoms with Crippen LogP contribution in [-0.2, 0) is 4.79 Å². The van der Waals surface area contributed by atoms with E-state index in [0.29, 0.717) is 25.3 Å². The van der Waals surface area contributed by atoms with Crippen molar-refractivity contribution in [3.05, 3.63) is 18.0 Å². The second-order valence-electron chi connectivity index (χ2n) is 4.59. The largest absolute Gasteiger partial charge is 0.481 e. The summed E-state index contributed by atoms with van der Waals surface area (Å²) in [6, 6.07) is 3.17. The number of carboxylic acid groups (broad SMARTS) is 1. The Hall–Kier alpha value is -2.32. The third-order valence-electron chi connectivity index (χ3n) is 3.33. The molecular formula is C11H11F2N5O2. The molecule has 0 aliphatic carbocycles. The minimum Gasteiger partial charge on any atom is -0.481 e. The molecular weight excluding hydrogens is 272 g/mol. The van der Waals surface area contributed by atoms with Gasteiger partial charge in [-0.05, 0) is 18.6 Å². The van der Waals surface area contributed by atoms with Crippen LogP contribution in [0.15, 0.2) is 12.1 Å². The number of anilines is 1. The molecule has 1 N–H and O–H groups in total. The molecule has 1 aliphatic heterocycles. The van der Waals surface area contributed by atoms with Gasteiger partial charge >= 0.3 is 5.97 Å². The van der Waals surface area contributed by atoms with Gasteiger partial charge in [0.1, 0.15) is 5.82 Å². The van der Waals surface area contributed by atoms with Crippen LogP contribution in [0.1, 0.15) is 18.7 Å². The van der Waals surface area contributed by atoms with Crippen LogP contribution in [0.4, 0.5) is 14.6 Å². The summed E-state index contributed by atoms with van der Waals surface area (Å²) in [6.07, 6.45) is -2.25. The lowest BCUT2D eigenvalue weighted by atomic mass is 10.1. The number of aromatic nitrogens is 4. The number of aliphatic carboxylic acids is 1. The second-order valence-corrected chi connectivity index (χ2v) is 4.59. The van der Waals surface area contributed by atoms with Gasteiger partial charge in [-0.1, -0.05) is 0 Å². The second kappa shape index (κ2) is 4.66. The van der Waals surface area contributed by atoms with Crippen molar-refractivity contribution in [2.45, 2.75) is 12.8 Å². The average Bonchev–Trinajstić information content (AvgIpc) is 3.04. The molecule has 106 valence electrons. The zero-order valence-electron chi connectivity index (χ0n) is 10.3. The first-order valence-electron chi connectivity index (χ1n) is 6.04. The lowest BCUT2D eigenvalue weighted by Gasteiger charge is -2.16. The third-order valence-corrected chi connectivity index (χ3v) is 3.33. The van der Waals surface area contributed by atoms with Gasteiger partial charge in [0, 0.05) is 13.1 Å². The van der Waals surface area contributed by atoms with Gasteiger partial charge in [0.05, 0.1) is 5.92 Å². The van der Waals surface area contributed by atoms with Crippen LogP contribution < -0.4 is 4.90 Å². The first kappa shape index (κ1) is 12.7. The van der Waals surface area contributed by atoms with Crippen LogP contribution in [0, 0.1) is 5.92 Å². The van der Waals surface area contributed by atoms with Gasteiger partial charge in [-0.25, -0.2) is 8.78 Å². The van der Waals surface area contributed by atoms with Crippen molar-refractivity contribution >= 4 is 17.4 Å². The maximum atomic E-state index is 12.8. The summed E-state index contributed by atoms with van der Waals surface area (Å²) < 4.78 is 26.5. The van der Waals surface area contributed by atoms with E-state index in [2.05, 4.69) is 15.3 Å². The standard InChI is InChI=1S/C11H11F2N5O2/c12-9(13)10-15-14-7-1-2-8(16-18(7)10)17-4-3-6(5-17)11(19)20/h1-2,6,9H,3-5H2,(H,19,20). The number of hydrogen-bond acceptors (Lipinski definition) is 5. The first-order chi connectivity index (χ1) is 9.56. The van der Waals surface area contributed by atoms with Gasteiger partial charge in [-0.2, -0.15) is 4.52 Å². The molecule has 0 amide bonds. The van der Waals surface area contributed by atoms with Crippen LogP contribution >= 0.6 is 0 Å². The molecule has 2 aromatic rings. The Morgan fingerprint density at radius 2 is 2.20 bits per heavy atom. The Kier molecular flexibility index (Phi) is 2.96. The molecule has 20 heavy (non-hydrogen) atoms. The van der Waals surface area contributed by atoms with Crippen molar-refractivity contribution in [3.63, 3.8) is 0 Å². The molecule has 0 spiro atoms. The molecule has 1 aliphatic rings. The minimum absolute atomic E-state index is 0.234. The van der Waals surface area contributed by atoms with E-state index in [0.717, 1.165) is 4.52 Å². The zero-order valence-corrected chi connectivity index (χ0v) is 10.3. The Bertz CT molecular complexity index is 659. The summed E-state index contributed by atoms with van der Waals surface area (Å²) in [5, 5.41) is 20.0. The molecule has 0 aromatic carbocycles. The minimum atomic E-state index is -2.77. The lowest BCUT2D eigenvalue weighted by molar-refractivity contribution is -0.140. The van der Waals surface area contributed by atoms with E-state index < -0.39 is 24.1 Å². The Morgan fingerprint density at radius 1 is 1.40 bits per heavy atom. The highest BCUT2D eigenvalue weighted by Gasteiger charge is 2.29. The van der Waals surface area contributed by atoms with Crippen LogP contribution in [0.25, 0.3) is 5.65 Å². The molecule has 3 heterocycles. The SMILES string of the molecule is O=C(O)C1CCN(c2ccc3nnc(C(F)F)n3n2)C1. The van der Waals surface area contributed by atoms with Gasteiger partial charge in [-0.15, -0.1) is 15.3 Å². The molecule has 2 aromatic heterocycles. The predicted molar refractivity (Wildman–Crippen MR) is 63.7 cm³/mol. The monoisotopic (exact) mass is 283 g/mol. The van der Waals surface area contributed by atoms with Gasteiger partial charge < -0.3 is 10.0 Å². The normalized spacial score (nSPS) is 19.1. The summed E-state index contributed by atoms with van der Waals surface area (Å²) in [4.78, 5) is 12.7. The molecule has 0 saturated carbocycles. The van der Waals surface area contributed by atoms with Crippen molar-refractivity contribution in [1.82, 2.24) is 19.8 Å². The van der Waals surface area contributed by atoms with Crippen molar-refractivity contribution < 1.29 is 18.7 Å². The summed E-state index contributed by atoms with van der Waals surface area (Å²) in [5.74, 6) is -1.38. The number of fused-ring (bicyclic) bond motifs is 1. The maximum Gasteiger partial charge on any atom is 0.308 e. The van der Waals surface area contributed by atoms with Crippen molar-refractivity contribution in [2.24, 2.45) is 5.92 Å². The summed E-state index contributed by atoms with van der Waals surface area (Å²) in [6.45, 7) is 0.849. The molecule has 7 nitrogen and oxygen atoms in total. The summed E-state index contributed by atoms with van der Waals surface area (Å²) in [7, 11) is 0. The van der Waals surface area contributed by atoms with Crippen LogP contribution in [0.3, 0.4) is 0 Å². The zero-order chi connectivity index (χ0) is 14.3. The van der Waals surface area contributed by atoms with Gasteiger partial charge in [0.2, 0.25) is 5.82 Å². The van der Waals surface area contributed by atoms with E-state index in [-0.39, 0.29) is 5.65 Å². The highest BCUT2D eigenvalue weighted by molar-refractivity contribution is 5.71. The molecule has 1 unspecified atom stereocenters. The predicted octanol–water partition coefficient (Wildman–Crippen LogP) is 0.973. The third kappa shape index (κ3) is 2.04. The fourth-order valence-corrected chi connectivity index (χ4v) is 2.27. The van der Waals surface area contributed by atoms with E-state index in [4.69, 9.17) is 5.11 Å². The van der Waals surface area contributed by atoms with E-state index in [1.54, 1.807) is 11.0 Å². The smallest absolute Gasteiger partial charge is 0.308 e. The Balaban J connectivity index is 1.93. The molecule has 1 atom stereocenters. The molecule has 0 radical (unpaired) electrons. The van der Waals surface area contributed by atoms with Crippen molar-refractivity contribution in [3.8, 4) is 0 Å². The van der Waals surface area contributed by atoms with Gasteiger partial charge in [-0.3, -0.25) is 4.79 Å². The Labute approximate surface area is 111 Å². The molecule has 1 fully saturated rings. The number of nitrogens with zero attached hydrogens (tertiary/aromatic N) is 5. The fourth-order valence-electron chi connectivity index (χ4n) is 2.27. The molecule has 3 rings (SSSR count). The van der Waals surface area contributed by atoms with Crippen molar-refractivity contribution in [2.75, 3.05) is 18.0 Å². The molecule has 1 saturated heterocycles. The topological polar surface area (TPSA) is 83.6 Å². The number of hydrogen-bond donors (Lipinski definition) is 1. The van der Waals surface area contributed by atoms with Gasteiger partial charge in [0.25, 0.3) is 6.43 Å². The van der Waals surface area contributed by atoms with E-state index in [1.165, 1.54) is 6.07 Å². The first-order valence-corrected chi connectivity index (χ1v) is 6.04. The molecule has 0 bridgehead atoms. The van der Waals surface area contributed by atoms with Crippen LogP contribution in [0.5, 0.6) is 0 Å². The Morgan fingerprint density at radius 3 is 2.85 bits per heavy atom. The highest BCUT2D eigenvalue weighted by atomic mass is 19.3. The van der Waals surface area contributed by atoms with E-state index in [9.17, 15) is 13.6 Å². The van der Waals surface area contributed by atoms with Crippen molar-refractivity contribution in [1.29, 1.82) is 0 Å². The van der Waals surface area contributed by atoms with Gasteiger partial charge in [0.15, 0.2) is 5.65 Å². The summed E-state index contributed by atoms with van der Waals surface area (Å²) >= 11 is 0. The average molecular weight is 283 g/mol. The number of carbonyl (C=O) groups is 1. The molecule has 9 heteroatoms. The lowest BCUT2D eigenvalue weighted by Crippen LogP contribution is -2.24. The van der Waals surface area contributed by atoms with E-state index >= 15 is 0 Å². The number of alkyl halides is 2. The number of rotatable bonds is 3. The fraction of sp³-hybridized carbons (Fsp3) is 0.455. The number of halogens is 2. The van der Waals surface area contributed by atoms with Crippen LogP contribution in [-0.4, -0.2) is 44.0 Å². The quantitative estimate of drug-likeness (QED) is 0.903. The van der Waals surface area contributed by atoms with E-state index in [1.807, 2.05) is 0 Å². The number of carboxylic acids is 1.